The SMILES string of the molecule is CC(CN)(c1ccccc1)N1CCS(=O)(=O)CC1. The molecule has 2 rings (SSSR count). The first kappa shape index (κ1) is 13.5. The minimum atomic E-state index is -2.85. The van der Waals surface area contributed by atoms with Crippen LogP contribution in [0.4, 0.5) is 0 Å². The van der Waals surface area contributed by atoms with Crippen molar-refractivity contribution in [3.05, 3.63) is 35.9 Å². The maximum Gasteiger partial charge on any atom is 0.152 e. The Hall–Kier alpha value is -0.910. The quantitative estimate of drug-likeness (QED) is 0.871. The molecule has 1 aromatic carbocycles. The van der Waals surface area contributed by atoms with Crippen LogP contribution in [0.25, 0.3) is 0 Å². The van der Waals surface area contributed by atoms with Crippen LogP contribution in [0.2, 0.25) is 0 Å². The van der Waals surface area contributed by atoms with Crippen molar-refractivity contribution in [2.24, 2.45) is 5.73 Å². The van der Waals surface area contributed by atoms with Crippen LogP contribution in [0.1, 0.15) is 12.5 Å². The molecule has 0 radical (unpaired) electrons. The molecule has 0 saturated carbocycles. The molecule has 2 N–H and O–H groups in total. The number of rotatable bonds is 3. The molecule has 1 unspecified atom stereocenters. The molecule has 0 amide bonds. The van der Waals surface area contributed by atoms with Crippen molar-refractivity contribution in [2.45, 2.75) is 12.5 Å². The fourth-order valence-corrected chi connectivity index (χ4v) is 3.63. The van der Waals surface area contributed by atoms with Crippen LogP contribution in [-0.4, -0.2) is 44.5 Å². The van der Waals surface area contributed by atoms with Gasteiger partial charge in [0, 0.05) is 19.6 Å². The third-order valence-electron chi connectivity index (χ3n) is 3.84. The summed E-state index contributed by atoms with van der Waals surface area (Å²) in [5, 5.41) is 0. The van der Waals surface area contributed by atoms with Crippen LogP contribution in [0, 0.1) is 0 Å². The van der Waals surface area contributed by atoms with Crippen molar-refractivity contribution < 1.29 is 8.42 Å². The van der Waals surface area contributed by atoms with Crippen LogP contribution in [0.5, 0.6) is 0 Å². The van der Waals surface area contributed by atoms with Crippen molar-refractivity contribution in [1.82, 2.24) is 4.90 Å². The molecule has 0 bridgehead atoms. The van der Waals surface area contributed by atoms with Gasteiger partial charge in [0.05, 0.1) is 17.0 Å². The molecule has 0 spiro atoms. The van der Waals surface area contributed by atoms with Gasteiger partial charge in [-0.1, -0.05) is 30.3 Å². The van der Waals surface area contributed by atoms with Crippen LogP contribution >= 0.6 is 0 Å². The molecule has 0 aliphatic carbocycles. The van der Waals surface area contributed by atoms with E-state index in [0.717, 1.165) is 5.56 Å². The molecule has 5 heteroatoms. The number of sulfone groups is 1. The Bertz CT molecular complexity index is 487. The van der Waals surface area contributed by atoms with Crippen molar-refractivity contribution in [3.63, 3.8) is 0 Å². The Balaban J connectivity index is 2.24. The number of nitrogens with zero attached hydrogens (tertiary/aromatic N) is 1. The highest BCUT2D eigenvalue weighted by molar-refractivity contribution is 7.91. The third kappa shape index (κ3) is 2.58. The van der Waals surface area contributed by atoms with Crippen LogP contribution in [-0.2, 0) is 15.4 Å². The first-order valence-corrected chi connectivity index (χ1v) is 8.01. The lowest BCUT2D eigenvalue weighted by molar-refractivity contribution is 0.121. The molecule has 1 heterocycles. The average molecular weight is 268 g/mol. The maximum atomic E-state index is 11.5. The van der Waals surface area contributed by atoms with Crippen molar-refractivity contribution in [3.8, 4) is 0 Å². The molecule has 0 aromatic heterocycles. The van der Waals surface area contributed by atoms with Crippen LogP contribution in [0.15, 0.2) is 30.3 Å². The van der Waals surface area contributed by atoms with E-state index < -0.39 is 9.84 Å². The van der Waals surface area contributed by atoms with E-state index in [1.807, 2.05) is 18.2 Å². The van der Waals surface area contributed by atoms with Crippen LogP contribution < -0.4 is 5.73 Å². The topological polar surface area (TPSA) is 63.4 Å². The highest BCUT2D eigenvalue weighted by atomic mass is 32.2. The second-order valence-corrected chi connectivity index (χ2v) is 7.29. The normalized spacial score (nSPS) is 23.4. The Morgan fingerprint density at radius 1 is 1.22 bits per heavy atom. The molecular weight excluding hydrogens is 248 g/mol. The fraction of sp³-hybridized carbons (Fsp3) is 0.538. The zero-order chi connectivity index (χ0) is 13.2. The number of hydrogen-bond donors (Lipinski definition) is 1. The van der Waals surface area contributed by atoms with Gasteiger partial charge in [0.25, 0.3) is 0 Å². The first-order valence-electron chi connectivity index (χ1n) is 6.19. The minimum Gasteiger partial charge on any atom is -0.328 e. The van der Waals surface area contributed by atoms with E-state index in [-0.39, 0.29) is 17.0 Å². The molecule has 1 aliphatic heterocycles. The largest absolute Gasteiger partial charge is 0.328 e. The Morgan fingerprint density at radius 3 is 2.28 bits per heavy atom. The lowest BCUT2D eigenvalue weighted by Gasteiger charge is -2.43. The van der Waals surface area contributed by atoms with Crippen molar-refractivity contribution in [1.29, 1.82) is 0 Å². The number of nitrogens with two attached hydrogens (primary N) is 1. The van der Waals surface area contributed by atoms with Gasteiger partial charge >= 0.3 is 0 Å². The van der Waals surface area contributed by atoms with E-state index in [1.165, 1.54) is 0 Å². The van der Waals surface area contributed by atoms with E-state index in [2.05, 4.69) is 24.0 Å². The van der Waals surface area contributed by atoms with Gasteiger partial charge in [-0.15, -0.1) is 0 Å². The highest BCUT2D eigenvalue weighted by Gasteiger charge is 2.35. The fourth-order valence-electron chi connectivity index (χ4n) is 2.43. The van der Waals surface area contributed by atoms with Gasteiger partial charge in [0.1, 0.15) is 0 Å². The predicted molar refractivity (Wildman–Crippen MR) is 73.1 cm³/mol. The molecule has 4 nitrogen and oxygen atoms in total. The first-order chi connectivity index (χ1) is 8.48. The van der Waals surface area contributed by atoms with Gasteiger partial charge in [0.2, 0.25) is 0 Å². The summed E-state index contributed by atoms with van der Waals surface area (Å²) >= 11 is 0. The van der Waals surface area contributed by atoms with Crippen LogP contribution in [0.3, 0.4) is 0 Å². The summed E-state index contributed by atoms with van der Waals surface area (Å²) in [5.74, 6) is 0.463. The summed E-state index contributed by atoms with van der Waals surface area (Å²) in [6.45, 7) is 3.69. The molecule has 100 valence electrons. The molecule has 1 saturated heterocycles. The molecule has 1 aromatic rings. The Kier molecular flexibility index (Phi) is 3.75. The molecule has 18 heavy (non-hydrogen) atoms. The van der Waals surface area contributed by atoms with E-state index in [9.17, 15) is 8.42 Å². The second-order valence-electron chi connectivity index (χ2n) is 4.98. The summed E-state index contributed by atoms with van der Waals surface area (Å²) in [6, 6.07) is 10.1. The predicted octanol–water partition coefficient (Wildman–Crippen LogP) is 0.591. The Morgan fingerprint density at radius 2 is 1.78 bits per heavy atom. The summed E-state index contributed by atoms with van der Waals surface area (Å²) in [5.41, 5.74) is 6.81. The molecule has 1 aliphatic rings. The number of benzene rings is 1. The second kappa shape index (κ2) is 4.99. The summed E-state index contributed by atoms with van der Waals surface area (Å²) < 4.78 is 23.0. The third-order valence-corrected chi connectivity index (χ3v) is 5.44. The van der Waals surface area contributed by atoms with Crippen molar-refractivity contribution >= 4 is 9.84 Å². The van der Waals surface area contributed by atoms with Gasteiger partial charge in [-0.25, -0.2) is 8.42 Å². The monoisotopic (exact) mass is 268 g/mol. The summed E-state index contributed by atoms with van der Waals surface area (Å²) in [7, 11) is -2.85. The average Bonchev–Trinajstić information content (AvgIpc) is 2.39. The zero-order valence-corrected chi connectivity index (χ0v) is 11.5. The lowest BCUT2D eigenvalue weighted by Crippen LogP contribution is -2.54. The number of hydrogen-bond acceptors (Lipinski definition) is 4. The maximum absolute atomic E-state index is 11.5. The summed E-state index contributed by atoms with van der Waals surface area (Å²) in [6.07, 6.45) is 0. The van der Waals surface area contributed by atoms with Crippen molar-refractivity contribution in [2.75, 3.05) is 31.1 Å². The van der Waals surface area contributed by atoms with Gasteiger partial charge in [-0.2, -0.15) is 0 Å². The standard InChI is InChI=1S/C13H20N2O2S/c1-13(11-14,12-5-3-2-4-6-12)15-7-9-18(16,17)10-8-15/h2-6H,7-11,14H2,1H3. The van der Waals surface area contributed by atoms with E-state index in [1.54, 1.807) is 0 Å². The minimum absolute atomic E-state index is 0.232. The Labute approximate surface area is 109 Å². The summed E-state index contributed by atoms with van der Waals surface area (Å²) in [4.78, 5) is 2.18. The van der Waals surface area contributed by atoms with E-state index in [0.29, 0.717) is 19.6 Å². The van der Waals surface area contributed by atoms with Gasteiger partial charge in [0.15, 0.2) is 9.84 Å². The van der Waals surface area contributed by atoms with Gasteiger partial charge in [-0.3, -0.25) is 4.90 Å². The smallest absolute Gasteiger partial charge is 0.152 e. The van der Waals surface area contributed by atoms with E-state index >= 15 is 0 Å². The van der Waals surface area contributed by atoms with Gasteiger partial charge in [-0.05, 0) is 12.5 Å². The van der Waals surface area contributed by atoms with Gasteiger partial charge < -0.3 is 5.73 Å². The molecule has 1 atom stereocenters. The lowest BCUT2D eigenvalue weighted by atomic mass is 9.90. The zero-order valence-electron chi connectivity index (χ0n) is 10.7. The molecule has 1 fully saturated rings. The van der Waals surface area contributed by atoms with E-state index in [4.69, 9.17) is 5.73 Å². The molecular formula is C13H20N2O2S. The highest BCUT2D eigenvalue weighted by Crippen LogP contribution is 2.28.